The van der Waals surface area contributed by atoms with E-state index in [1.807, 2.05) is 0 Å². The minimum atomic E-state index is -0.215. The Morgan fingerprint density at radius 1 is 1.22 bits per heavy atom. The maximum atomic E-state index is 12.0. The number of hydrogen-bond acceptors (Lipinski definition) is 8. The number of ether oxygens (including phenoxy) is 2. The second kappa shape index (κ2) is 9.67. The molecule has 10 heteroatoms. The highest BCUT2D eigenvalue weighted by Gasteiger charge is 2.22. The lowest BCUT2D eigenvalue weighted by molar-refractivity contribution is -0.114. The van der Waals surface area contributed by atoms with Crippen LogP contribution in [0.5, 0.6) is 5.75 Å². The number of hydrogen-bond donors (Lipinski definition) is 2. The molecule has 1 atom stereocenters. The molecule has 1 aliphatic heterocycles. The lowest BCUT2D eigenvalue weighted by atomic mass is 10.2. The molecule has 0 saturated carbocycles. The third-order valence-electron chi connectivity index (χ3n) is 3.73. The van der Waals surface area contributed by atoms with Crippen molar-refractivity contribution in [1.29, 1.82) is 0 Å². The van der Waals surface area contributed by atoms with Crippen molar-refractivity contribution in [2.45, 2.75) is 18.9 Å². The number of benzene rings is 1. The van der Waals surface area contributed by atoms with Gasteiger partial charge in [0.25, 0.3) is 0 Å². The maximum Gasteiger partial charge on any atom is 0.236 e. The molecule has 1 saturated heterocycles. The number of nitrogens with one attached hydrogen (secondary N) is 2. The van der Waals surface area contributed by atoms with E-state index in [1.165, 1.54) is 23.1 Å². The van der Waals surface area contributed by atoms with Crippen molar-refractivity contribution in [2.24, 2.45) is 0 Å². The minimum Gasteiger partial charge on any atom is -0.497 e. The van der Waals surface area contributed by atoms with Crippen molar-refractivity contribution in [3.05, 3.63) is 29.3 Å². The van der Waals surface area contributed by atoms with Crippen LogP contribution in [0.1, 0.15) is 24.0 Å². The summed E-state index contributed by atoms with van der Waals surface area (Å²) >= 11 is 2.56. The summed E-state index contributed by atoms with van der Waals surface area (Å²) in [7, 11) is 1.58. The molecule has 3 rings (SSSR count). The van der Waals surface area contributed by atoms with E-state index in [0.29, 0.717) is 10.8 Å². The molecule has 144 valence electrons. The molecule has 2 aromatic rings. The first-order chi connectivity index (χ1) is 13.1. The molecular formula is C17H20N4O4S2. The Labute approximate surface area is 165 Å². The summed E-state index contributed by atoms with van der Waals surface area (Å²) in [4.78, 5) is 23.9. The van der Waals surface area contributed by atoms with Crippen LogP contribution in [-0.2, 0) is 14.3 Å². The zero-order chi connectivity index (χ0) is 19.1. The molecule has 0 aliphatic carbocycles. The van der Waals surface area contributed by atoms with Crippen molar-refractivity contribution >= 4 is 45.7 Å². The first kappa shape index (κ1) is 19.6. The fourth-order valence-electron chi connectivity index (χ4n) is 2.45. The molecule has 2 heterocycles. The molecular weight excluding hydrogens is 388 g/mol. The molecule has 0 radical (unpaired) electrons. The smallest absolute Gasteiger partial charge is 0.236 e. The Hall–Kier alpha value is -2.17. The fourth-order valence-corrected chi connectivity index (χ4v) is 3.91. The third-order valence-corrected chi connectivity index (χ3v) is 5.60. The van der Waals surface area contributed by atoms with Gasteiger partial charge in [-0.1, -0.05) is 11.3 Å². The summed E-state index contributed by atoms with van der Waals surface area (Å²) in [6, 6.07) is 7.05. The van der Waals surface area contributed by atoms with Crippen molar-refractivity contribution in [3.8, 4) is 5.75 Å². The number of methoxy groups -OCH3 is 1. The van der Waals surface area contributed by atoms with Gasteiger partial charge in [0.15, 0.2) is 0 Å². The summed E-state index contributed by atoms with van der Waals surface area (Å²) in [5, 5.41) is 14.8. The molecule has 1 unspecified atom stereocenters. The largest absolute Gasteiger partial charge is 0.497 e. The molecule has 27 heavy (non-hydrogen) atoms. The Bertz CT molecular complexity index is 775. The summed E-state index contributed by atoms with van der Waals surface area (Å²) in [6.07, 6.45) is 1.94. The van der Waals surface area contributed by atoms with E-state index in [2.05, 4.69) is 20.8 Å². The number of amides is 2. The number of rotatable bonds is 8. The topological polar surface area (TPSA) is 102 Å². The number of nitrogens with zero attached hydrogens (tertiary/aromatic N) is 2. The summed E-state index contributed by atoms with van der Waals surface area (Å²) in [5.74, 6) is 0.668. The quantitative estimate of drug-likeness (QED) is 0.692. The van der Waals surface area contributed by atoms with Gasteiger partial charge in [-0.3, -0.25) is 14.9 Å². The van der Waals surface area contributed by atoms with Gasteiger partial charge in [0.2, 0.25) is 16.9 Å². The Morgan fingerprint density at radius 3 is 2.63 bits per heavy atom. The van der Waals surface area contributed by atoms with Crippen molar-refractivity contribution in [2.75, 3.05) is 35.9 Å². The molecule has 1 fully saturated rings. The highest BCUT2D eigenvalue weighted by atomic mass is 32.2. The highest BCUT2D eigenvalue weighted by Crippen LogP contribution is 2.31. The Balaban J connectivity index is 1.36. The molecule has 1 aliphatic rings. The van der Waals surface area contributed by atoms with Crippen LogP contribution in [0.4, 0.5) is 10.8 Å². The van der Waals surface area contributed by atoms with Gasteiger partial charge >= 0.3 is 0 Å². The highest BCUT2D eigenvalue weighted by molar-refractivity contribution is 8.00. The van der Waals surface area contributed by atoms with E-state index < -0.39 is 0 Å². The second-order valence-corrected chi connectivity index (χ2v) is 7.76. The van der Waals surface area contributed by atoms with Gasteiger partial charge < -0.3 is 14.8 Å². The maximum absolute atomic E-state index is 12.0. The Kier molecular flexibility index (Phi) is 7.02. The third kappa shape index (κ3) is 5.91. The molecule has 2 N–H and O–H groups in total. The summed E-state index contributed by atoms with van der Waals surface area (Å²) < 4.78 is 10.6. The first-order valence-corrected chi connectivity index (χ1v) is 10.4. The number of carbonyl (C=O) groups excluding carboxylic acids is 2. The van der Waals surface area contributed by atoms with Crippen LogP contribution in [-0.4, -0.2) is 47.2 Å². The number of anilines is 2. The van der Waals surface area contributed by atoms with E-state index in [9.17, 15) is 9.59 Å². The molecule has 8 nitrogen and oxygen atoms in total. The molecule has 0 bridgehead atoms. The van der Waals surface area contributed by atoms with Gasteiger partial charge in [0.1, 0.15) is 16.9 Å². The number of aromatic nitrogens is 2. The van der Waals surface area contributed by atoms with Crippen LogP contribution < -0.4 is 15.4 Å². The van der Waals surface area contributed by atoms with Crippen LogP contribution in [0.3, 0.4) is 0 Å². The van der Waals surface area contributed by atoms with Gasteiger partial charge in [0, 0.05) is 12.3 Å². The summed E-state index contributed by atoms with van der Waals surface area (Å²) in [6.45, 7) is 0.737. The predicted octanol–water partition coefficient (Wildman–Crippen LogP) is 2.71. The molecule has 1 aromatic carbocycles. The van der Waals surface area contributed by atoms with E-state index in [4.69, 9.17) is 9.47 Å². The standard InChI is InChI=1S/C17H20N4O4S2/c1-24-12-6-4-11(5-7-12)18-14(22)9-26-10-15(23)19-17-21-20-16(27-17)13-3-2-8-25-13/h4-7,13H,2-3,8-10H2,1H3,(H,18,22)(H,19,21,23). The molecule has 1 aromatic heterocycles. The first-order valence-electron chi connectivity index (χ1n) is 8.40. The van der Waals surface area contributed by atoms with Crippen molar-refractivity contribution in [3.63, 3.8) is 0 Å². The van der Waals surface area contributed by atoms with Gasteiger partial charge in [-0.25, -0.2) is 0 Å². The number of carbonyl (C=O) groups is 2. The second-order valence-electron chi connectivity index (χ2n) is 5.76. The van der Waals surface area contributed by atoms with Crippen LogP contribution in [0.25, 0.3) is 0 Å². The summed E-state index contributed by atoms with van der Waals surface area (Å²) in [5.41, 5.74) is 0.682. The van der Waals surface area contributed by atoms with Crippen LogP contribution in [0.15, 0.2) is 24.3 Å². The number of thioether (sulfide) groups is 1. The van der Waals surface area contributed by atoms with Crippen molar-refractivity contribution in [1.82, 2.24) is 10.2 Å². The van der Waals surface area contributed by atoms with Crippen LogP contribution in [0.2, 0.25) is 0 Å². The fraction of sp³-hybridized carbons (Fsp3) is 0.412. The van der Waals surface area contributed by atoms with E-state index in [0.717, 1.165) is 30.2 Å². The predicted molar refractivity (Wildman–Crippen MR) is 105 cm³/mol. The van der Waals surface area contributed by atoms with Crippen molar-refractivity contribution < 1.29 is 19.1 Å². The zero-order valence-electron chi connectivity index (χ0n) is 14.8. The normalized spacial score (nSPS) is 16.1. The van der Waals surface area contributed by atoms with E-state index in [1.54, 1.807) is 31.4 Å². The zero-order valence-corrected chi connectivity index (χ0v) is 16.4. The molecule has 2 amide bonds. The van der Waals surface area contributed by atoms with E-state index in [-0.39, 0.29) is 29.4 Å². The Morgan fingerprint density at radius 2 is 1.96 bits per heavy atom. The van der Waals surface area contributed by atoms with Crippen LogP contribution in [0, 0.1) is 0 Å². The van der Waals surface area contributed by atoms with Gasteiger partial charge in [0.05, 0.1) is 18.6 Å². The van der Waals surface area contributed by atoms with Gasteiger partial charge in [-0.2, -0.15) is 0 Å². The van der Waals surface area contributed by atoms with Gasteiger partial charge in [-0.15, -0.1) is 22.0 Å². The monoisotopic (exact) mass is 408 g/mol. The average molecular weight is 409 g/mol. The van der Waals surface area contributed by atoms with Gasteiger partial charge in [-0.05, 0) is 37.1 Å². The molecule has 0 spiro atoms. The minimum absolute atomic E-state index is 0.0100. The average Bonchev–Trinajstić information content (AvgIpc) is 3.34. The van der Waals surface area contributed by atoms with E-state index >= 15 is 0 Å². The lowest BCUT2D eigenvalue weighted by Gasteiger charge is -2.06. The van der Waals surface area contributed by atoms with Crippen LogP contribution >= 0.6 is 23.1 Å². The lowest BCUT2D eigenvalue weighted by Crippen LogP contribution is -2.18. The SMILES string of the molecule is COc1ccc(NC(=O)CSCC(=O)Nc2nnc(C3CCCO3)s2)cc1.